The van der Waals surface area contributed by atoms with Crippen molar-refractivity contribution in [1.29, 1.82) is 0 Å². The Morgan fingerprint density at radius 2 is 1.79 bits per heavy atom. The third-order valence-electron chi connectivity index (χ3n) is 6.90. The van der Waals surface area contributed by atoms with E-state index in [-0.39, 0.29) is 17.6 Å². The number of ether oxygens (including phenoxy) is 1. The smallest absolute Gasteiger partial charge is 0.262 e. The lowest BCUT2D eigenvalue weighted by atomic mass is 9.90. The molecule has 5 rings (SSSR count). The highest BCUT2D eigenvalue weighted by Crippen LogP contribution is 2.24. The van der Waals surface area contributed by atoms with Gasteiger partial charge in [0.25, 0.3) is 5.56 Å². The summed E-state index contributed by atoms with van der Waals surface area (Å²) in [5, 5.41) is 1.21. The summed E-state index contributed by atoms with van der Waals surface area (Å²) < 4.78 is 7.49. The third-order valence-corrected chi connectivity index (χ3v) is 7.86. The number of rotatable bonds is 7. The minimum absolute atomic E-state index is 0.0272. The molecule has 1 unspecified atom stereocenters. The molecule has 1 amide bonds. The van der Waals surface area contributed by atoms with Crippen LogP contribution in [-0.4, -0.2) is 51.9 Å². The number of hydrogen-bond acceptors (Lipinski definition) is 5. The maximum absolute atomic E-state index is 13.2. The summed E-state index contributed by atoms with van der Waals surface area (Å²) in [6.45, 7) is 2.81. The second-order valence-corrected chi connectivity index (χ2v) is 10.2. The van der Waals surface area contributed by atoms with Crippen LogP contribution in [0.2, 0.25) is 0 Å². The van der Waals surface area contributed by atoms with Gasteiger partial charge >= 0.3 is 0 Å². The first-order valence-electron chi connectivity index (χ1n) is 12.2. The van der Waals surface area contributed by atoms with Crippen LogP contribution in [0.3, 0.4) is 0 Å². The van der Waals surface area contributed by atoms with E-state index in [9.17, 15) is 9.59 Å². The molecule has 0 N–H and O–H groups in total. The van der Waals surface area contributed by atoms with Crippen LogP contribution < -0.4 is 5.56 Å². The Morgan fingerprint density at radius 1 is 1.03 bits per heavy atom. The van der Waals surface area contributed by atoms with Gasteiger partial charge in [-0.25, -0.2) is 4.98 Å². The molecule has 0 bridgehead atoms. The molecule has 34 heavy (non-hydrogen) atoms. The normalized spacial score (nSPS) is 19.1. The number of nitrogens with zero attached hydrogens (tertiary/aromatic N) is 3. The topological polar surface area (TPSA) is 64.4 Å². The lowest BCUT2D eigenvalue weighted by Crippen LogP contribution is -2.40. The molecule has 0 spiro atoms. The van der Waals surface area contributed by atoms with Crippen LogP contribution in [0.5, 0.6) is 0 Å². The first-order valence-corrected chi connectivity index (χ1v) is 13.2. The van der Waals surface area contributed by atoms with E-state index in [1.54, 1.807) is 4.57 Å². The molecule has 3 heterocycles. The maximum atomic E-state index is 13.2. The van der Waals surface area contributed by atoms with Crippen molar-refractivity contribution in [3.63, 3.8) is 0 Å². The Bertz CT molecular complexity index is 1180. The molecule has 2 aliphatic heterocycles. The predicted octanol–water partition coefficient (Wildman–Crippen LogP) is 4.15. The maximum Gasteiger partial charge on any atom is 0.262 e. The van der Waals surface area contributed by atoms with Gasteiger partial charge in [0.2, 0.25) is 5.91 Å². The second-order valence-electron chi connectivity index (χ2n) is 9.26. The van der Waals surface area contributed by atoms with Crippen molar-refractivity contribution >= 4 is 28.6 Å². The first kappa shape index (κ1) is 23.1. The summed E-state index contributed by atoms with van der Waals surface area (Å²) in [5.41, 5.74) is 1.99. The molecule has 2 saturated heterocycles. The minimum atomic E-state index is -0.0576. The zero-order chi connectivity index (χ0) is 23.3. The molecule has 6 nitrogen and oxygen atoms in total. The van der Waals surface area contributed by atoms with E-state index in [2.05, 4.69) is 24.3 Å². The molecule has 0 radical (unpaired) electrons. The van der Waals surface area contributed by atoms with Crippen LogP contribution in [0.15, 0.2) is 64.5 Å². The van der Waals surface area contributed by atoms with Crippen molar-refractivity contribution in [2.24, 2.45) is 5.92 Å². The standard InChI is InChI=1S/C27H31N3O3S/c31-25(29-14-12-21(13-15-29)17-20-7-2-1-3-8-20)19-34-27-28-24-11-5-4-10-23(24)26(32)30(27)18-22-9-6-16-33-22/h1-5,7-8,10-11,21-22H,6,9,12-19H2. The van der Waals surface area contributed by atoms with Gasteiger partial charge in [0.1, 0.15) is 0 Å². The third kappa shape index (κ3) is 5.36. The van der Waals surface area contributed by atoms with Crippen LogP contribution in [0, 0.1) is 5.92 Å². The van der Waals surface area contributed by atoms with E-state index in [1.165, 1.54) is 17.3 Å². The van der Waals surface area contributed by atoms with Crippen molar-refractivity contribution in [2.75, 3.05) is 25.4 Å². The van der Waals surface area contributed by atoms with Gasteiger partial charge in [-0.1, -0.05) is 54.2 Å². The molecule has 2 aliphatic rings. The summed E-state index contributed by atoms with van der Waals surface area (Å²) in [4.78, 5) is 33.0. The molecule has 2 aromatic carbocycles. The van der Waals surface area contributed by atoms with Crippen molar-refractivity contribution in [3.8, 4) is 0 Å². The molecular weight excluding hydrogens is 446 g/mol. The number of amides is 1. The Balaban J connectivity index is 1.23. The monoisotopic (exact) mass is 477 g/mol. The van der Waals surface area contributed by atoms with Gasteiger partial charge in [-0.2, -0.15) is 0 Å². The number of para-hydroxylation sites is 1. The lowest BCUT2D eigenvalue weighted by molar-refractivity contribution is -0.129. The predicted molar refractivity (Wildman–Crippen MR) is 135 cm³/mol. The van der Waals surface area contributed by atoms with Gasteiger partial charge < -0.3 is 9.64 Å². The number of piperidine rings is 1. The first-order chi connectivity index (χ1) is 16.7. The van der Waals surface area contributed by atoms with Crippen LogP contribution >= 0.6 is 11.8 Å². The molecule has 0 saturated carbocycles. The average molecular weight is 478 g/mol. The fourth-order valence-corrected chi connectivity index (χ4v) is 5.87. The Morgan fingerprint density at radius 3 is 2.56 bits per heavy atom. The molecular formula is C27H31N3O3S. The molecule has 2 fully saturated rings. The minimum Gasteiger partial charge on any atom is -0.376 e. The SMILES string of the molecule is O=C(CSc1nc2ccccc2c(=O)n1CC1CCCO1)N1CCC(Cc2ccccc2)CC1. The molecule has 178 valence electrons. The van der Waals surface area contributed by atoms with Gasteiger partial charge in [-0.05, 0) is 55.7 Å². The van der Waals surface area contributed by atoms with E-state index in [0.717, 1.165) is 51.8 Å². The number of carbonyl (C=O) groups is 1. The highest BCUT2D eigenvalue weighted by atomic mass is 32.2. The number of fused-ring (bicyclic) bond motifs is 1. The zero-order valence-corrected chi connectivity index (χ0v) is 20.2. The lowest BCUT2D eigenvalue weighted by Gasteiger charge is -2.32. The van der Waals surface area contributed by atoms with E-state index < -0.39 is 0 Å². The average Bonchev–Trinajstić information content (AvgIpc) is 3.39. The second kappa shape index (κ2) is 10.7. The molecule has 1 aromatic heterocycles. The summed E-state index contributed by atoms with van der Waals surface area (Å²) in [5.74, 6) is 1.03. The van der Waals surface area contributed by atoms with Gasteiger partial charge in [-0.15, -0.1) is 0 Å². The van der Waals surface area contributed by atoms with Crippen molar-refractivity contribution in [1.82, 2.24) is 14.5 Å². The van der Waals surface area contributed by atoms with Crippen LogP contribution in [0.25, 0.3) is 10.9 Å². The number of carbonyl (C=O) groups excluding carboxylic acids is 1. The molecule has 7 heteroatoms. The fraction of sp³-hybridized carbons (Fsp3) is 0.444. The van der Waals surface area contributed by atoms with Crippen LogP contribution in [0.4, 0.5) is 0 Å². The van der Waals surface area contributed by atoms with E-state index >= 15 is 0 Å². The molecule has 0 aliphatic carbocycles. The van der Waals surface area contributed by atoms with Gasteiger partial charge in [-0.3, -0.25) is 14.2 Å². The van der Waals surface area contributed by atoms with Gasteiger partial charge in [0, 0.05) is 19.7 Å². The highest BCUT2D eigenvalue weighted by molar-refractivity contribution is 7.99. The van der Waals surface area contributed by atoms with Crippen LogP contribution in [0.1, 0.15) is 31.2 Å². The van der Waals surface area contributed by atoms with Crippen LogP contribution in [-0.2, 0) is 22.5 Å². The fourth-order valence-electron chi connectivity index (χ4n) is 4.96. The molecule has 1 atom stereocenters. The quantitative estimate of drug-likeness (QED) is 0.378. The summed E-state index contributed by atoms with van der Waals surface area (Å²) >= 11 is 1.37. The highest BCUT2D eigenvalue weighted by Gasteiger charge is 2.24. The summed E-state index contributed by atoms with van der Waals surface area (Å²) in [6, 6.07) is 18.0. The Hall–Kier alpha value is -2.64. The van der Waals surface area contributed by atoms with E-state index in [0.29, 0.717) is 34.3 Å². The number of thioether (sulfide) groups is 1. The van der Waals surface area contributed by atoms with Gasteiger partial charge in [0.15, 0.2) is 5.16 Å². The largest absolute Gasteiger partial charge is 0.376 e. The van der Waals surface area contributed by atoms with Crippen molar-refractivity contribution < 1.29 is 9.53 Å². The van der Waals surface area contributed by atoms with Gasteiger partial charge in [0.05, 0.1) is 29.3 Å². The Labute approximate surface area is 204 Å². The van der Waals surface area contributed by atoms with E-state index in [4.69, 9.17) is 9.72 Å². The Kier molecular flexibility index (Phi) is 7.30. The number of hydrogen-bond donors (Lipinski definition) is 0. The summed E-state index contributed by atoms with van der Waals surface area (Å²) in [6.07, 6.45) is 5.13. The summed E-state index contributed by atoms with van der Waals surface area (Å²) in [7, 11) is 0. The zero-order valence-electron chi connectivity index (χ0n) is 19.4. The number of likely N-dealkylation sites (tertiary alicyclic amines) is 1. The number of aromatic nitrogens is 2. The molecule has 3 aromatic rings. The van der Waals surface area contributed by atoms with Crippen molar-refractivity contribution in [2.45, 2.75) is 49.9 Å². The van der Waals surface area contributed by atoms with E-state index in [1.807, 2.05) is 35.2 Å². The number of benzene rings is 2. The van der Waals surface area contributed by atoms with Crippen molar-refractivity contribution in [3.05, 3.63) is 70.5 Å².